The molecule has 26 heavy (non-hydrogen) atoms. The van der Waals surface area contributed by atoms with Crippen molar-refractivity contribution in [3.8, 4) is 0 Å². The molecule has 1 spiro atoms. The Kier molecular flexibility index (Phi) is 3.68. The Bertz CT molecular complexity index is 750. The molecule has 0 aliphatic carbocycles. The zero-order valence-electron chi connectivity index (χ0n) is 15.6. The van der Waals surface area contributed by atoms with Crippen molar-refractivity contribution in [3.05, 3.63) is 17.0 Å². The second-order valence-electron chi connectivity index (χ2n) is 8.77. The normalized spacial score (nSPS) is 29.8. The smallest absolute Gasteiger partial charge is 0.410 e. The van der Waals surface area contributed by atoms with Crippen molar-refractivity contribution in [2.75, 3.05) is 6.61 Å². The molecule has 2 unspecified atom stereocenters. The third kappa shape index (κ3) is 2.98. The van der Waals surface area contributed by atoms with Gasteiger partial charge in [0.1, 0.15) is 16.9 Å². The highest BCUT2D eigenvalue weighted by atomic mass is 19.3. The molecule has 0 N–H and O–H groups in total. The van der Waals surface area contributed by atoms with Crippen LogP contribution in [-0.2, 0) is 34.9 Å². The van der Waals surface area contributed by atoms with E-state index < -0.39 is 23.2 Å². The van der Waals surface area contributed by atoms with Gasteiger partial charge in [0.15, 0.2) is 0 Å². The molecule has 144 valence electrons. The molecular formula is C18H25F2N3O3. The van der Waals surface area contributed by atoms with Crippen molar-refractivity contribution < 1.29 is 23.0 Å². The highest BCUT2D eigenvalue weighted by molar-refractivity contribution is 5.69. The van der Waals surface area contributed by atoms with Crippen molar-refractivity contribution in [2.24, 2.45) is 0 Å². The third-order valence-electron chi connectivity index (χ3n) is 5.34. The Labute approximate surface area is 151 Å². The van der Waals surface area contributed by atoms with Crippen LogP contribution >= 0.6 is 0 Å². The maximum absolute atomic E-state index is 14.9. The summed E-state index contributed by atoms with van der Waals surface area (Å²) in [7, 11) is 0. The summed E-state index contributed by atoms with van der Waals surface area (Å²) in [6.45, 7) is 8.23. The molecule has 1 aromatic rings. The Morgan fingerprint density at radius 1 is 1.35 bits per heavy atom. The highest BCUT2D eigenvalue weighted by Crippen LogP contribution is 2.47. The van der Waals surface area contributed by atoms with Gasteiger partial charge in [-0.05, 0) is 34.1 Å². The molecule has 0 saturated carbocycles. The van der Waals surface area contributed by atoms with E-state index in [4.69, 9.17) is 9.47 Å². The lowest BCUT2D eigenvalue weighted by atomic mass is 9.96. The second kappa shape index (κ2) is 5.41. The topological polar surface area (TPSA) is 59.9 Å². The lowest BCUT2D eigenvalue weighted by Crippen LogP contribution is -2.45. The minimum atomic E-state index is -2.98. The first-order chi connectivity index (χ1) is 12.0. The quantitative estimate of drug-likeness (QED) is 0.659. The van der Waals surface area contributed by atoms with Crippen molar-refractivity contribution >= 4 is 6.09 Å². The van der Waals surface area contributed by atoms with E-state index in [1.54, 1.807) is 20.8 Å². The number of carbonyl (C=O) groups is 1. The number of hydrogen-bond acceptors (Lipinski definition) is 4. The van der Waals surface area contributed by atoms with E-state index in [1.165, 1.54) is 9.58 Å². The molecular weight excluding hydrogens is 344 g/mol. The van der Waals surface area contributed by atoms with Gasteiger partial charge < -0.3 is 14.4 Å². The second-order valence-corrected chi connectivity index (χ2v) is 8.77. The highest BCUT2D eigenvalue weighted by Gasteiger charge is 2.54. The predicted molar refractivity (Wildman–Crippen MR) is 89.0 cm³/mol. The van der Waals surface area contributed by atoms with E-state index in [9.17, 15) is 13.6 Å². The lowest BCUT2D eigenvalue weighted by molar-refractivity contribution is -0.0238. The number of carbonyl (C=O) groups excluding carboxylic acids is 1. The fourth-order valence-electron chi connectivity index (χ4n) is 3.88. The molecule has 1 aromatic heterocycles. The summed E-state index contributed by atoms with van der Waals surface area (Å²) in [4.78, 5) is 14.1. The molecule has 4 heterocycles. The summed E-state index contributed by atoms with van der Waals surface area (Å²) < 4.78 is 42.1. The first-order valence-electron chi connectivity index (χ1n) is 9.10. The van der Waals surface area contributed by atoms with Gasteiger partial charge in [-0.25, -0.2) is 4.79 Å². The number of amides is 1. The number of halogens is 2. The first-order valence-corrected chi connectivity index (χ1v) is 9.10. The number of alkyl halides is 2. The van der Waals surface area contributed by atoms with Crippen LogP contribution in [0.1, 0.15) is 57.5 Å². The Morgan fingerprint density at radius 3 is 2.65 bits per heavy atom. The number of rotatable bonds is 0. The number of ether oxygens (including phenoxy) is 2. The number of aromatic nitrogens is 2. The summed E-state index contributed by atoms with van der Waals surface area (Å²) >= 11 is 0. The minimum absolute atomic E-state index is 0.0552. The SMILES string of the molecule is CC1Cc2nn3c(c2CN1C(=O)OC(C)(C)C)C(F)(F)CCC1(CO1)C3. The van der Waals surface area contributed by atoms with Crippen LogP contribution in [-0.4, -0.2) is 44.6 Å². The summed E-state index contributed by atoms with van der Waals surface area (Å²) in [6.07, 6.45) is 0.0326. The molecule has 1 fully saturated rings. The molecule has 0 radical (unpaired) electrons. The zero-order valence-corrected chi connectivity index (χ0v) is 15.6. The van der Waals surface area contributed by atoms with Crippen LogP contribution in [0.5, 0.6) is 0 Å². The molecule has 2 atom stereocenters. The number of nitrogens with zero attached hydrogens (tertiary/aromatic N) is 3. The molecule has 3 aliphatic rings. The van der Waals surface area contributed by atoms with Gasteiger partial charge in [-0.1, -0.05) is 0 Å². The fourth-order valence-corrected chi connectivity index (χ4v) is 3.88. The van der Waals surface area contributed by atoms with E-state index in [-0.39, 0.29) is 24.7 Å². The van der Waals surface area contributed by atoms with Crippen molar-refractivity contribution in [1.82, 2.24) is 14.7 Å². The first kappa shape index (κ1) is 17.7. The predicted octanol–water partition coefficient (Wildman–Crippen LogP) is 3.22. The molecule has 1 amide bonds. The van der Waals surface area contributed by atoms with Crippen LogP contribution < -0.4 is 0 Å². The standard InChI is InChI=1S/C18H25F2N3O3/c1-11-7-13-12(8-22(11)15(24)26-16(2,3)4)14-18(19,20)6-5-17(10-25-17)9-23(14)21-13/h11H,5-10H2,1-4H3. The third-order valence-corrected chi connectivity index (χ3v) is 5.34. The van der Waals surface area contributed by atoms with Gasteiger partial charge >= 0.3 is 6.09 Å². The van der Waals surface area contributed by atoms with Crippen LogP contribution in [0.25, 0.3) is 0 Å². The van der Waals surface area contributed by atoms with Crippen molar-refractivity contribution in [1.29, 1.82) is 0 Å². The average molecular weight is 369 g/mol. The number of fused-ring (bicyclic) bond motifs is 3. The van der Waals surface area contributed by atoms with Gasteiger partial charge in [-0.2, -0.15) is 13.9 Å². The molecule has 3 aliphatic heterocycles. The largest absolute Gasteiger partial charge is 0.444 e. The van der Waals surface area contributed by atoms with Crippen LogP contribution in [0.3, 0.4) is 0 Å². The summed E-state index contributed by atoms with van der Waals surface area (Å²) in [5.41, 5.74) is -0.0477. The maximum Gasteiger partial charge on any atom is 0.410 e. The summed E-state index contributed by atoms with van der Waals surface area (Å²) in [5.74, 6) is -2.98. The van der Waals surface area contributed by atoms with Gasteiger partial charge in [-0.15, -0.1) is 0 Å². The molecule has 8 heteroatoms. The van der Waals surface area contributed by atoms with Crippen molar-refractivity contribution in [2.45, 2.75) is 83.2 Å². The van der Waals surface area contributed by atoms with E-state index in [0.717, 1.165) is 0 Å². The monoisotopic (exact) mass is 369 g/mol. The van der Waals surface area contributed by atoms with Gasteiger partial charge in [0.25, 0.3) is 5.92 Å². The molecule has 0 aromatic carbocycles. The van der Waals surface area contributed by atoms with E-state index in [2.05, 4.69) is 5.10 Å². The maximum atomic E-state index is 14.9. The number of epoxide rings is 1. The molecule has 4 rings (SSSR count). The Balaban J connectivity index is 1.68. The van der Waals surface area contributed by atoms with Crippen LogP contribution in [0.15, 0.2) is 0 Å². The Hall–Kier alpha value is -1.70. The van der Waals surface area contributed by atoms with E-state index >= 15 is 0 Å². The van der Waals surface area contributed by atoms with Crippen LogP contribution in [0.4, 0.5) is 13.6 Å². The van der Waals surface area contributed by atoms with Crippen molar-refractivity contribution in [3.63, 3.8) is 0 Å². The van der Waals surface area contributed by atoms with E-state index in [1.807, 2.05) is 6.92 Å². The Morgan fingerprint density at radius 2 is 2.04 bits per heavy atom. The van der Waals surface area contributed by atoms with Gasteiger partial charge in [0.2, 0.25) is 0 Å². The fraction of sp³-hybridized carbons (Fsp3) is 0.778. The molecule has 6 nitrogen and oxygen atoms in total. The van der Waals surface area contributed by atoms with Crippen LogP contribution in [0, 0.1) is 0 Å². The minimum Gasteiger partial charge on any atom is -0.444 e. The molecule has 1 saturated heterocycles. The average Bonchev–Trinajstić information content (AvgIpc) is 3.17. The summed E-state index contributed by atoms with van der Waals surface area (Å²) in [5, 5.41) is 4.48. The zero-order chi connectivity index (χ0) is 18.9. The lowest BCUT2D eigenvalue weighted by Gasteiger charge is -2.35. The van der Waals surface area contributed by atoms with E-state index in [0.29, 0.717) is 37.3 Å². The van der Waals surface area contributed by atoms with Gasteiger partial charge in [0.05, 0.1) is 25.4 Å². The molecule has 0 bridgehead atoms. The van der Waals surface area contributed by atoms with Crippen LogP contribution in [0.2, 0.25) is 0 Å². The number of hydrogen-bond donors (Lipinski definition) is 0. The van der Waals surface area contributed by atoms with Gasteiger partial charge in [0, 0.05) is 24.4 Å². The van der Waals surface area contributed by atoms with Gasteiger partial charge in [-0.3, -0.25) is 4.68 Å². The summed E-state index contributed by atoms with van der Waals surface area (Å²) in [6, 6.07) is -0.156.